The molecule has 4 aromatic carbocycles. The van der Waals surface area contributed by atoms with E-state index in [1.807, 2.05) is 0 Å². The molecule has 24 heteroatoms. The van der Waals surface area contributed by atoms with Crippen LogP contribution in [0.4, 0.5) is 0 Å². The van der Waals surface area contributed by atoms with E-state index in [0.29, 0.717) is 17.5 Å². The van der Waals surface area contributed by atoms with E-state index in [0.717, 1.165) is 12.1 Å². The molecule has 2 aliphatic heterocycles. The number of aliphatic carboxylic acids is 3. The quantitative estimate of drug-likeness (QED) is 0.0423. The topological polar surface area (TPSA) is 368 Å². The maximum atomic E-state index is 14.3. The summed E-state index contributed by atoms with van der Waals surface area (Å²) in [6.45, 7) is 3.21. The molecule has 4 amide bonds. The number of phenolic OH excluding ortho intramolecular Hbond substituents is 2. The standard InChI is InChI=1S/C46H46N4O19S/c1-3-22(2)39(44(61)62)50-42(59)33(15-17-38(55)56)47-41(58)32(14-16-37(53)54)48-43(60)34(18-23-4-9-27(10-5-23)69-70(64,65)66)49-40(57)24-6-11-29-28(19-24)45(63)68-46(29)30-12-7-25(51)20-35(30)67-36-21-26(52)8-13-31(36)46/h4-13,19-22,32-34,39,51-52H,3,14-18H2,1-2H3,(H,47,58)(H,48,60)(H,49,57)(H,50,59)(H,53,54)(H,55,56)(H,61,62)(H,64,65,66)/t22-,32-,33-,34-,39-/m0/s1. The number of nitrogens with one attached hydrogen (secondary N) is 4. The van der Waals surface area contributed by atoms with Crippen molar-refractivity contribution < 1.29 is 90.5 Å². The van der Waals surface area contributed by atoms with E-state index in [2.05, 4.69) is 25.5 Å². The van der Waals surface area contributed by atoms with Gasteiger partial charge in [0, 0.05) is 53.6 Å². The minimum atomic E-state index is -4.93. The number of hydrogen-bond donors (Lipinski definition) is 10. The average molecular weight is 991 g/mol. The van der Waals surface area contributed by atoms with E-state index < -0.39 is 126 Å². The number of carboxylic acids is 3. The van der Waals surface area contributed by atoms with Crippen LogP contribution < -0.4 is 30.2 Å². The molecule has 2 aliphatic rings. The van der Waals surface area contributed by atoms with Gasteiger partial charge in [0.2, 0.25) is 17.7 Å². The van der Waals surface area contributed by atoms with Crippen molar-refractivity contribution in [1.29, 1.82) is 0 Å². The predicted octanol–water partition coefficient (Wildman–Crippen LogP) is 2.50. The van der Waals surface area contributed by atoms with Crippen LogP contribution in [0.2, 0.25) is 0 Å². The van der Waals surface area contributed by atoms with Crippen molar-refractivity contribution in [2.75, 3.05) is 0 Å². The lowest BCUT2D eigenvalue weighted by Gasteiger charge is -2.36. The van der Waals surface area contributed by atoms with Crippen molar-refractivity contribution in [1.82, 2.24) is 21.3 Å². The molecule has 2 heterocycles. The number of benzene rings is 4. The van der Waals surface area contributed by atoms with Gasteiger partial charge in [-0.15, -0.1) is 0 Å². The number of aromatic hydroxyl groups is 2. The Bertz CT molecular complexity index is 2820. The van der Waals surface area contributed by atoms with Crippen molar-refractivity contribution in [2.45, 2.75) is 82.1 Å². The fourth-order valence-corrected chi connectivity index (χ4v) is 8.25. The fraction of sp³-hybridized carbons (Fsp3) is 0.304. The number of hydrogen-bond acceptors (Lipinski definition) is 15. The number of carbonyl (C=O) groups excluding carboxylic acids is 5. The molecule has 10 N–H and O–H groups in total. The van der Waals surface area contributed by atoms with Crippen LogP contribution >= 0.6 is 0 Å². The van der Waals surface area contributed by atoms with Gasteiger partial charge in [-0.25, -0.2) is 9.59 Å². The molecule has 5 atom stereocenters. The number of rotatable bonds is 21. The Morgan fingerprint density at radius 2 is 1.20 bits per heavy atom. The van der Waals surface area contributed by atoms with Crippen molar-refractivity contribution in [3.8, 4) is 28.7 Å². The third-order valence-electron chi connectivity index (χ3n) is 11.6. The molecule has 0 radical (unpaired) electrons. The minimum Gasteiger partial charge on any atom is -0.508 e. The summed E-state index contributed by atoms with van der Waals surface area (Å²) in [5.74, 6) is -10.6. The van der Waals surface area contributed by atoms with Crippen molar-refractivity contribution in [2.24, 2.45) is 5.92 Å². The van der Waals surface area contributed by atoms with Gasteiger partial charge in [0.05, 0.1) is 5.56 Å². The highest BCUT2D eigenvalue weighted by molar-refractivity contribution is 7.81. The summed E-state index contributed by atoms with van der Waals surface area (Å²) in [4.78, 5) is 105. The van der Waals surface area contributed by atoms with Crippen LogP contribution in [0.5, 0.6) is 28.7 Å². The molecule has 6 rings (SSSR count). The smallest absolute Gasteiger partial charge is 0.446 e. The second-order valence-electron chi connectivity index (χ2n) is 16.4. The van der Waals surface area contributed by atoms with Crippen LogP contribution in [-0.4, -0.2) is 110 Å². The Kier molecular flexibility index (Phi) is 15.3. The van der Waals surface area contributed by atoms with Gasteiger partial charge < -0.3 is 60.5 Å². The predicted molar refractivity (Wildman–Crippen MR) is 238 cm³/mol. The minimum absolute atomic E-state index is 0.0924. The second-order valence-corrected chi connectivity index (χ2v) is 17.4. The lowest BCUT2D eigenvalue weighted by Crippen LogP contribution is -2.58. The molecule has 0 saturated carbocycles. The zero-order chi connectivity index (χ0) is 51.2. The first-order valence-electron chi connectivity index (χ1n) is 21.4. The zero-order valence-electron chi connectivity index (χ0n) is 37.0. The molecule has 23 nitrogen and oxygen atoms in total. The molecule has 0 fully saturated rings. The largest absolute Gasteiger partial charge is 0.508 e. The van der Waals surface area contributed by atoms with E-state index in [9.17, 15) is 72.3 Å². The van der Waals surface area contributed by atoms with Crippen molar-refractivity contribution in [3.05, 3.63) is 112 Å². The first kappa shape index (κ1) is 51.1. The van der Waals surface area contributed by atoms with Gasteiger partial charge in [-0.05, 0) is 72.9 Å². The highest BCUT2D eigenvalue weighted by Crippen LogP contribution is 2.57. The van der Waals surface area contributed by atoms with E-state index in [1.165, 1.54) is 66.7 Å². The molecule has 1 spiro atoms. The lowest BCUT2D eigenvalue weighted by atomic mass is 9.77. The van der Waals surface area contributed by atoms with Gasteiger partial charge in [-0.1, -0.05) is 38.5 Å². The molecule has 4 aromatic rings. The molecular formula is C46H46N4O19S. The Morgan fingerprint density at radius 3 is 1.70 bits per heavy atom. The van der Waals surface area contributed by atoms with Gasteiger partial charge in [-0.2, -0.15) is 8.42 Å². The van der Waals surface area contributed by atoms with Gasteiger partial charge in [-0.3, -0.25) is 33.3 Å². The van der Waals surface area contributed by atoms with Gasteiger partial charge in [0.25, 0.3) is 5.91 Å². The molecule has 0 aliphatic carbocycles. The van der Waals surface area contributed by atoms with Crippen LogP contribution in [-0.2, 0) is 55.9 Å². The van der Waals surface area contributed by atoms with Crippen LogP contribution in [0.25, 0.3) is 0 Å². The summed E-state index contributed by atoms with van der Waals surface area (Å²) in [5, 5.41) is 58.7. The number of phenols is 2. The SMILES string of the molecule is CC[C@H](C)[C@H](NC(=O)[C@H](CCC(=O)O)NC(=O)[C@H](CCC(=O)O)NC(=O)[C@H](Cc1ccc(OS(=O)(=O)O)cc1)NC(=O)c1ccc2c(c1)C(=O)OC21c2ccc(O)cc2Oc2cc(O)ccc21)C(=O)O. The van der Waals surface area contributed by atoms with Crippen molar-refractivity contribution in [3.63, 3.8) is 0 Å². The van der Waals surface area contributed by atoms with E-state index in [4.69, 9.17) is 14.0 Å². The first-order valence-corrected chi connectivity index (χ1v) is 22.7. The molecule has 370 valence electrons. The first-order chi connectivity index (χ1) is 33.0. The highest BCUT2D eigenvalue weighted by Gasteiger charge is 2.54. The summed E-state index contributed by atoms with van der Waals surface area (Å²) in [6, 6.07) is 10.3. The van der Waals surface area contributed by atoms with Crippen LogP contribution in [0.3, 0.4) is 0 Å². The third-order valence-corrected chi connectivity index (χ3v) is 12.0. The number of carbonyl (C=O) groups is 8. The number of esters is 1. The normalized spacial score (nSPS) is 15.2. The summed E-state index contributed by atoms with van der Waals surface area (Å²) < 4.78 is 48.2. The fourth-order valence-electron chi connectivity index (χ4n) is 7.89. The third kappa shape index (κ3) is 11.7. The Labute approximate surface area is 397 Å². The Hall–Kier alpha value is -8.25. The number of amides is 4. The summed E-state index contributed by atoms with van der Waals surface area (Å²) >= 11 is 0. The van der Waals surface area contributed by atoms with Gasteiger partial charge in [0.1, 0.15) is 52.9 Å². The summed E-state index contributed by atoms with van der Waals surface area (Å²) in [7, 11) is -4.93. The van der Waals surface area contributed by atoms with E-state index >= 15 is 0 Å². The zero-order valence-corrected chi connectivity index (χ0v) is 37.9. The number of carboxylic acid groups (broad SMARTS) is 3. The molecule has 70 heavy (non-hydrogen) atoms. The molecule has 0 aromatic heterocycles. The summed E-state index contributed by atoms with van der Waals surface area (Å²) in [5.41, 5.74) is -0.942. The Morgan fingerprint density at radius 1 is 0.686 bits per heavy atom. The Balaban J connectivity index is 1.32. The number of ether oxygens (including phenoxy) is 2. The summed E-state index contributed by atoms with van der Waals surface area (Å²) in [6.07, 6.45) is -2.69. The van der Waals surface area contributed by atoms with Gasteiger partial charge >= 0.3 is 34.3 Å². The van der Waals surface area contributed by atoms with Gasteiger partial charge in [0.15, 0.2) is 5.60 Å². The maximum Gasteiger partial charge on any atom is 0.446 e. The maximum absolute atomic E-state index is 14.3. The molecule has 0 unspecified atom stereocenters. The molecule has 0 bridgehead atoms. The van der Waals surface area contributed by atoms with Crippen LogP contribution in [0.1, 0.15) is 88.9 Å². The molecular weight excluding hydrogens is 945 g/mol. The molecule has 0 saturated heterocycles. The number of fused-ring (bicyclic) bond motifs is 6. The highest BCUT2D eigenvalue weighted by atomic mass is 32.3. The van der Waals surface area contributed by atoms with E-state index in [-0.39, 0.29) is 51.0 Å². The van der Waals surface area contributed by atoms with E-state index in [1.54, 1.807) is 13.8 Å². The second kappa shape index (κ2) is 20.9. The lowest BCUT2D eigenvalue weighted by molar-refractivity contribution is -0.144. The van der Waals surface area contributed by atoms with Crippen LogP contribution in [0.15, 0.2) is 78.9 Å². The van der Waals surface area contributed by atoms with Crippen molar-refractivity contribution >= 4 is 57.9 Å². The average Bonchev–Trinajstić information content (AvgIpc) is 3.58. The monoisotopic (exact) mass is 990 g/mol. The van der Waals surface area contributed by atoms with Crippen LogP contribution in [0, 0.1) is 5.92 Å².